The van der Waals surface area contributed by atoms with Crippen LogP contribution in [0.3, 0.4) is 0 Å². The standard InChI is InChI=1S/C20H17F6N3O6S/c1-8-13(27-17(32)19(21,22)23)9(2)15(10(3)14(8)28-18(33)20(24,25)26)36(34,35)29-12-6-4-11(5-7-12)16(30)31/h4-7,29H,1-3H3,(H,27,32)(H,28,33)(H,30,31). The van der Waals surface area contributed by atoms with E-state index in [-0.39, 0.29) is 11.3 Å². The average molecular weight is 541 g/mol. The highest BCUT2D eigenvalue weighted by Gasteiger charge is 2.42. The number of carboxylic acids is 1. The van der Waals surface area contributed by atoms with E-state index in [4.69, 9.17) is 5.11 Å². The topological polar surface area (TPSA) is 142 Å². The van der Waals surface area contributed by atoms with Gasteiger partial charge in [0, 0.05) is 5.69 Å². The number of hydrogen-bond donors (Lipinski definition) is 4. The summed E-state index contributed by atoms with van der Waals surface area (Å²) in [5.41, 5.74) is -3.38. The zero-order valence-corrected chi connectivity index (χ0v) is 19.3. The summed E-state index contributed by atoms with van der Waals surface area (Å²) in [6.07, 6.45) is -10.9. The summed E-state index contributed by atoms with van der Waals surface area (Å²) in [5.74, 6) is -6.39. The summed E-state index contributed by atoms with van der Waals surface area (Å²) in [5, 5.41) is 11.8. The van der Waals surface area contributed by atoms with Crippen molar-refractivity contribution in [1.29, 1.82) is 0 Å². The Bertz CT molecular complexity index is 1280. The molecule has 36 heavy (non-hydrogen) atoms. The van der Waals surface area contributed by atoms with E-state index < -0.39 is 73.1 Å². The number of amides is 2. The van der Waals surface area contributed by atoms with Gasteiger partial charge in [0.25, 0.3) is 10.0 Å². The molecule has 0 saturated carbocycles. The fourth-order valence-corrected chi connectivity index (χ4v) is 4.79. The molecule has 2 amide bonds. The lowest BCUT2D eigenvalue weighted by Crippen LogP contribution is -2.33. The van der Waals surface area contributed by atoms with E-state index >= 15 is 0 Å². The molecule has 2 rings (SSSR count). The zero-order chi connectivity index (χ0) is 27.8. The molecule has 196 valence electrons. The van der Waals surface area contributed by atoms with Gasteiger partial charge < -0.3 is 15.7 Å². The van der Waals surface area contributed by atoms with Crippen molar-refractivity contribution in [2.45, 2.75) is 38.0 Å². The normalized spacial score (nSPS) is 12.1. The summed E-state index contributed by atoms with van der Waals surface area (Å²) in [6.45, 7) is 2.99. The van der Waals surface area contributed by atoms with Crippen LogP contribution in [0.1, 0.15) is 27.0 Å². The number of carboxylic acid groups (broad SMARTS) is 1. The molecule has 0 heterocycles. The number of anilines is 3. The Morgan fingerprint density at radius 2 is 1.14 bits per heavy atom. The number of carbonyl (C=O) groups is 3. The predicted molar refractivity (Wildman–Crippen MR) is 114 cm³/mol. The fourth-order valence-electron chi connectivity index (χ4n) is 3.23. The summed E-state index contributed by atoms with van der Waals surface area (Å²) in [7, 11) is -4.77. The molecule has 0 spiro atoms. The molecule has 0 radical (unpaired) electrons. The van der Waals surface area contributed by atoms with E-state index in [0.29, 0.717) is 0 Å². The minimum absolute atomic E-state index is 0.193. The number of carbonyl (C=O) groups excluding carboxylic acids is 2. The first-order chi connectivity index (χ1) is 16.3. The molecule has 0 bridgehead atoms. The van der Waals surface area contributed by atoms with E-state index in [1.165, 1.54) is 10.6 Å². The van der Waals surface area contributed by atoms with Crippen LogP contribution in [0.2, 0.25) is 0 Å². The lowest BCUT2D eigenvalue weighted by molar-refractivity contribution is -0.167. The second-order valence-corrected chi connectivity index (χ2v) is 8.97. The van der Waals surface area contributed by atoms with Crippen LogP contribution in [-0.2, 0) is 19.6 Å². The third-order valence-electron chi connectivity index (χ3n) is 4.83. The Morgan fingerprint density at radius 3 is 1.47 bits per heavy atom. The Balaban J connectivity index is 2.74. The molecule has 0 fully saturated rings. The SMILES string of the molecule is Cc1c(NC(=O)C(F)(F)F)c(C)c(S(=O)(=O)Nc2ccc(C(=O)O)cc2)c(C)c1NC(=O)C(F)(F)F. The van der Waals surface area contributed by atoms with Gasteiger partial charge in [-0.25, -0.2) is 13.2 Å². The van der Waals surface area contributed by atoms with Gasteiger partial charge in [0.2, 0.25) is 0 Å². The van der Waals surface area contributed by atoms with Gasteiger partial charge in [-0.15, -0.1) is 0 Å². The van der Waals surface area contributed by atoms with Gasteiger partial charge in [0.05, 0.1) is 21.8 Å². The minimum Gasteiger partial charge on any atom is -0.478 e. The maximum Gasteiger partial charge on any atom is 0.471 e. The lowest BCUT2D eigenvalue weighted by atomic mass is 10.0. The van der Waals surface area contributed by atoms with Crippen LogP contribution < -0.4 is 15.4 Å². The zero-order valence-electron chi connectivity index (χ0n) is 18.5. The van der Waals surface area contributed by atoms with Crippen molar-refractivity contribution < 1.29 is 54.3 Å². The quantitative estimate of drug-likeness (QED) is 0.406. The van der Waals surface area contributed by atoms with Crippen LogP contribution in [0.4, 0.5) is 43.4 Å². The first-order valence-corrected chi connectivity index (χ1v) is 11.0. The molecule has 0 aliphatic carbocycles. The van der Waals surface area contributed by atoms with Crippen LogP contribution in [-0.4, -0.2) is 43.7 Å². The van der Waals surface area contributed by atoms with Crippen LogP contribution in [0.15, 0.2) is 29.2 Å². The summed E-state index contributed by atoms with van der Waals surface area (Å²) in [4.78, 5) is 33.2. The largest absolute Gasteiger partial charge is 0.478 e. The van der Waals surface area contributed by atoms with Crippen molar-refractivity contribution in [3.05, 3.63) is 46.5 Å². The molecule has 0 aliphatic heterocycles. The van der Waals surface area contributed by atoms with E-state index in [2.05, 4.69) is 0 Å². The molecule has 4 N–H and O–H groups in total. The van der Waals surface area contributed by atoms with E-state index in [0.717, 1.165) is 45.0 Å². The molecular weight excluding hydrogens is 524 g/mol. The Morgan fingerprint density at radius 1 is 0.750 bits per heavy atom. The number of aromatic carboxylic acids is 1. The average Bonchev–Trinajstić information content (AvgIpc) is 2.72. The smallest absolute Gasteiger partial charge is 0.471 e. The lowest BCUT2D eigenvalue weighted by Gasteiger charge is -2.23. The van der Waals surface area contributed by atoms with Crippen molar-refractivity contribution >= 4 is 44.9 Å². The molecule has 2 aromatic rings. The van der Waals surface area contributed by atoms with Gasteiger partial charge in [-0.05, 0) is 61.7 Å². The van der Waals surface area contributed by atoms with Crippen molar-refractivity contribution in [2.24, 2.45) is 0 Å². The third kappa shape index (κ3) is 6.05. The third-order valence-corrected chi connectivity index (χ3v) is 6.48. The van der Waals surface area contributed by atoms with Crippen molar-refractivity contribution in [1.82, 2.24) is 0 Å². The monoisotopic (exact) mass is 541 g/mol. The van der Waals surface area contributed by atoms with Gasteiger partial charge in [0.15, 0.2) is 0 Å². The van der Waals surface area contributed by atoms with Gasteiger partial charge in [-0.1, -0.05) is 0 Å². The summed E-state index contributed by atoms with van der Waals surface area (Å²) < 4.78 is 105. The molecule has 2 aromatic carbocycles. The highest BCUT2D eigenvalue weighted by molar-refractivity contribution is 7.92. The highest BCUT2D eigenvalue weighted by Crippen LogP contribution is 2.39. The number of hydrogen-bond acceptors (Lipinski definition) is 5. The van der Waals surface area contributed by atoms with E-state index in [1.807, 2.05) is 4.72 Å². The molecule has 0 unspecified atom stereocenters. The van der Waals surface area contributed by atoms with Gasteiger partial charge >= 0.3 is 30.1 Å². The number of halogens is 6. The van der Waals surface area contributed by atoms with Gasteiger partial charge in [-0.2, -0.15) is 26.3 Å². The van der Waals surface area contributed by atoms with Crippen LogP contribution in [0.5, 0.6) is 0 Å². The second-order valence-electron chi connectivity index (χ2n) is 7.35. The molecule has 0 aromatic heterocycles. The number of nitrogens with one attached hydrogen (secondary N) is 3. The molecule has 9 nitrogen and oxygen atoms in total. The molecular formula is C20H17F6N3O6S. The van der Waals surface area contributed by atoms with Crippen LogP contribution >= 0.6 is 0 Å². The minimum atomic E-state index is -5.43. The maximum absolute atomic E-state index is 13.1. The predicted octanol–water partition coefficient (Wildman–Crippen LogP) is 4.11. The Labute approximate surface area is 199 Å². The van der Waals surface area contributed by atoms with Crippen molar-refractivity contribution in [2.75, 3.05) is 15.4 Å². The fraction of sp³-hybridized carbons (Fsp3) is 0.250. The highest BCUT2D eigenvalue weighted by atomic mass is 32.2. The summed E-state index contributed by atoms with van der Waals surface area (Å²) >= 11 is 0. The first-order valence-electron chi connectivity index (χ1n) is 9.53. The second kappa shape index (κ2) is 9.67. The molecule has 0 atom stereocenters. The molecule has 0 aliphatic rings. The Kier molecular flexibility index (Phi) is 7.64. The van der Waals surface area contributed by atoms with E-state index in [1.54, 1.807) is 0 Å². The first kappa shape index (κ1) is 28.4. The molecule has 0 saturated heterocycles. The number of rotatable bonds is 6. The van der Waals surface area contributed by atoms with Gasteiger partial charge in [-0.3, -0.25) is 14.3 Å². The van der Waals surface area contributed by atoms with Gasteiger partial charge in [0.1, 0.15) is 0 Å². The van der Waals surface area contributed by atoms with Crippen LogP contribution in [0, 0.1) is 20.8 Å². The molecule has 16 heteroatoms. The van der Waals surface area contributed by atoms with Crippen molar-refractivity contribution in [3.63, 3.8) is 0 Å². The van der Waals surface area contributed by atoms with E-state index in [9.17, 15) is 49.1 Å². The Hall–Kier alpha value is -3.82. The van der Waals surface area contributed by atoms with Crippen molar-refractivity contribution in [3.8, 4) is 0 Å². The number of benzene rings is 2. The van der Waals surface area contributed by atoms with Crippen LogP contribution in [0.25, 0.3) is 0 Å². The number of alkyl halides is 6. The number of sulfonamides is 1. The maximum atomic E-state index is 13.1. The summed E-state index contributed by atoms with van der Waals surface area (Å²) in [6, 6.07) is 4.19.